The lowest BCUT2D eigenvalue weighted by Crippen LogP contribution is -2.43. The predicted molar refractivity (Wildman–Crippen MR) is 103 cm³/mol. The molecule has 1 amide bonds. The van der Waals surface area contributed by atoms with Crippen molar-refractivity contribution in [2.75, 3.05) is 32.8 Å². The molecular weight excluding hydrogens is 356 g/mol. The third-order valence-electron chi connectivity index (χ3n) is 4.15. The summed E-state index contributed by atoms with van der Waals surface area (Å²) in [6.07, 6.45) is 3.28. The van der Waals surface area contributed by atoms with Crippen molar-refractivity contribution in [2.24, 2.45) is 0 Å². The van der Waals surface area contributed by atoms with Gasteiger partial charge >= 0.3 is 0 Å². The minimum absolute atomic E-state index is 0.116. The molecule has 1 aliphatic heterocycles. The van der Waals surface area contributed by atoms with E-state index in [0.717, 1.165) is 31.9 Å². The molecule has 6 heteroatoms. The molecule has 2 aromatic rings. The van der Waals surface area contributed by atoms with Crippen LogP contribution in [0.1, 0.15) is 16.5 Å². The van der Waals surface area contributed by atoms with E-state index in [0.29, 0.717) is 11.6 Å². The lowest BCUT2D eigenvalue weighted by atomic mass is 10.2. The molecule has 0 spiro atoms. The van der Waals surface area contributed by atoms with Gasteiger partial charge in [-0.15, -0.1) is 11.3 Å². The lowest BCUT2D eigenvalue weighted by molar-refractivity contribution is -0.116. The minimum atomic E-state index is -0.116. The number of carbonyl (C=O) groups excluding carboxylic acids is 1. The number of rotatable bonds is 6. The highest BCUT2D eigenvalue weighted by atomic mass is 35.5. The van der Waals surface area contributed by atoms with E-state index in [-0.39, 0.29) is 11.9 Å². The third-order valence-corrected chi connectivity index (χ3v) is 5.46. The van der Waals surface area contributed by atoms with Crippen LogP contribution in [-0.2, 0) is 9.53 Å². The van der Waals surface area contributed by atoms with Crippen LogP contribution in [0.3, 0.4) is 0 Å². The number of benzene rings is 1. The van der Waals surface area contributed by atoms with Gasteiger partial charge in [-0.2, -0.15) is 0 Å². The van der Waals surface area contributed by atoms with Crippen molar-refractivity contribution in [2.45, 2.75) is 6.04 Å². The van der Waals surface area contributed by atoms with E-state index in [2.05, 4.69) is 21.7 Å². The van der Waals surface area contributed by atoms with E-state index in [1.165, 1.54) is 11.0 Å². The SMILES string of the molecule is O=C(/C=C/c1ccccc1Cl)NCC(c1cccs1)N1CCOCC1. The van der Waals surface area contributed by atoms with Gasteiger partial charge in [0.25, 0.3) is 0 Å². The van der Waals surface area contributed by atoms with Gasteiger partial charge in [-0.1, -0.05) is 35.9 Å². The molecule has 1 atom stereocenters. The van der Waals surface area contributed by atoms with E-state index < -0.39 is 0 Å². The number of morpholine rings is 1. The van der Waals surface area contributed by atoms with Gasteiger partial charge in [0.15, 0.2) is 0 Å². The molecule has 4 nitrogen and oxygen atoms in total. The van der Waals surface area contributed by atoms with Crippen LogP contribution in [0, 0.1) is 0 Å². The summed E-state index contributed by atoms with van der Waals surface area (Å²) in [7, 11) is 0. The number of halogens is 1. The van der Waals surface area contributed by atoms with Gasteiger partial charge in [-0.25, -0.2) is 0 Å². The molecule has 132 valence electrons. The van der Waals surface area contributed by atoms with Crippen molar-refractivity contribution in [1.29, 1.82) is 0 Å². The summed E-state index contributed by atoms with van der Waals surface area (Å²) >= 11 is 7.82. The maximum atomic E-state index is 12.2. The van der Waals surface area contributed by atoms with Gasteiger partial charge in [-0.3, -0.25) is 9.69 Å². The molecule has 2 heterocycles. The first-order valence-electron chi connectivity index (χ1n) is 8.29. The zero-order chi connectivity index (χ0) is 17.5. The minimum Gasteiger partial charge on any atom is -0.379 e. The zero-order valence-electron chi connectivity index (χ0n) is 13.9. The smallest absolute Gasteiger partial charge is 0.244 e. The molecule has 3 rings (SSSR count). The molecule has 1 fully saturated rings. The molecule has 1 aromatic carbocycles. The molecule has 0 radical (unpaired) electrons. The number of amides is 1. The summed E-state index contributed by atoms with van der Waals surface area (Å²) < 4.78 is 5.44. The Morgan fingerprint density at radius 1 is 1.28 bits per heavy atom. The number of hydrogen-bond donors (Lipinski definition) is 1. The molecule has 1 aliphatic rings. The quantitative estimate of drug-likeness (QED) is 0.783. The van der Waals surface area contributed by atoms with Crippen molar-refractivity contribution in [3.8, 4) is 0 Å². The number of nitrogens with zero attached hydrogens (tertiary/aromatic N) is 1. The molecule has 1 N–H and O–H groups in total. The fourth-order valence-corrected chi connectivity index (χ4v) is 3.87. The van der Waals surface area contributed by atoms with E-state index in [4.69, 9.17) is 16.3 Å². The van der Waals surface area contributed by atoms with Crippen LogP contribution in [0.25, 0.3) is 6.08 Å². The fraction of sp³-hybridized carbons (Fsp3) is 0.316. The Kier molecular flexibility index (Phi) is 6.64. The third kappa shape index (κ3) is 5.16. The molecular formula is C19H21ClN2O2S. The first-order chi connectivity index (χ1) is 12.2. The summed E-state index contributed by atoms with van der Waals surface area (Å²) in [6, 6.07) is 11.8. The largest absolute Gasteiger partial charge is 0.379 e. The molecule has 1 aromatic heterocycles. The Morgan fingerprint density at radius 2 is 2.08 bits per heavy atom. The van der Waals surface area contributed by atoms with Crippen LogP contribution in [-0.4, -0.2) is 43.7 Å². The average molecular weight is 377 g/mol. The zero-order valence-corrected chi connectivity index (χ0v) is 15.4. The van der Waals surface area contributed by atoms with E-state index >= 15 is 0 Å². The number of hydrogen-bond acceptors (Lipinski definition) is 4. The van der Waals surface area contributed by atoms with Crippen LogP contribution in [0.4, 0.5) is 0 Å². The summed E-state index contributed by atoms with van der Waals surface area (Å²) in [5.41, 5.74) is 0.835. The van der Waals surface area contributed by atoms with E-state index in [1.54, 1.807) is 17.4 Å². The second-order valence-corrected chi connectivity index (χ2v) is 7.17. The lowest BCUT2D eigenvalue weighted by Gasteiger charge is -2.34. The van der Waals surface area contributed by atoms with Gasteiger partial charge in [-0.05, 0) is 29.2 Å². The normalized spacial score (nSPS) is 16.8. The van der Waals surface area contributed by atoms with Gasteiger partial charge < -0.3 is 10.1 Å². The highest BCUT2D eigenvalue weighted by Crippen LogP contribution is 2.25. The van der Waals surface area contributed by atoms with Gasteiger partial charge in [0, 0.05) is 35.6 Å². The first kappa shape index (κ1) is 18.1. The molecule has 0 aliphatic carbocycles. The number of thiophene rings is 1. The number of nitrogens with one attached hydrogen (secondary N) is 1. The predicted octanol–water partition coefficient (Wildman–Crippen LogP) is 3.60. The van der Waals surface area contributed by atoms with Crippen molar-refractivity contribution in [1.82, 2.24) is 10.2 Å². The highest BCUT2D eigenvalue weighted by molar-refractivity contribution is 7.10. The van der Waals surface area contributed by atoms with Crippen LogP contribution < -0.4 is 5.32 Å². The van der Waals surface area contributed by atoms with Crippen LogP contribution in [0.15, 0.2) is 47.9 Å². The maximum absolute atomic E-state index is 12.2. The molecule has 1 saturated heterocycles. The van der Waals surface area contributed by atoms with Gasteiger partial charge in [0.05, 0.1) is 19.3 Å². The number of ether oxygens (including phenoxy) is 1. The van der Waals surface area contributed by atoms with E-state index in [1.807, 2.05) is 30.3 Å². The first-order valence-corrected chi connectivity index (χ1v) is 9.55. The standard InChI is InChI=1S/C19H21ClN2O2S/c20-16-5-2-1-4-15(16)7-8-19(23)21-14-17(18-6-3-13-25-18)22-9-11-24-12-10-22/h1-8,13,17H,9-12,14H2,(H,21,23)/b8-7+. The Hall–Kier alpha value is -1.66. The Balaban J connectivity index is 1.60. The van der Waals surface area contributed by atoms with Crippen LogP contribution in [0.5, 0.6) is 0 Å². The molecule has 0 bridgehead atoms. The van der Waals surface area contributed by atoms with Crippen molar-refractivity contribution >= 4 is 34.9 Å². The highest BCUT2D eigenvalue weighted by Gasteiger charge is 2.23. The average Bonchev–Trinajstić information content (AvgIpc) is 3.16. The summed E-state index contributed by atoms with van der Waals surface area (Å²) in [5, 5.41) is 5.72. The fourth-order valence-electron chi connectivity index (χ4n) is 2.81. The Bertz CT molecular complexity index is 712. The van der Waals surface area contributed by atoms with Crippen molar-refractivity contribution in [3.05, 3.63) is 63.3 Å². The van der Waals surface area contributed by atoms with Crippen LogP contribution >= 0.6 is 22.9 Å². The Labute approximate surface area is 157 Å². The topological polar surface area (TPSA) is 41.6 Å². The maximum Gasteiger partial charge on any atom is 0.244 e. The molecule has 0 saturated carbocycles. The Morgan fingerprint density at radius 3 is 2.80 bits per heavy atom. The van der Waals surface area contributed by atoms with E-state index in [9.17, 15) is 4.79 Å². The molecule has 1 unspecified atom stereocenters. The number of carbonyl (C=O) groups is 1. The summed E-state index contributed by atoms with van der Waals surface area (Å²) in [4.78, 5) is 15.8. The van der Waals surface area contributed by atoms with Crippen molar-refractivity contribution < 1.29 is 9.53 Å². The monoisotopic (exact) mass is 376 g/mol. The van der Waals surface area contributed by atoms with Crippen LogP contribution in [0.2, 0.25) is 5.02 Å². The van der Waals surface area contributed by atoms with Gasteiger partial charge in [0.1, 0.15) is 0 Å². The summed E-state index contributed by atoms with van der Waals surface area (Å²) in [5.74, 6) is -0.116. The second-order valence-electron chi connectivity index (χ2n) is 5.78. The van der Waals surface area contributed by atoms with Crippen molar-refractivity contribution in [3.63, 3.8) is 0 Å². The second kappa shape index (κ2) is 9.15. The molecule has 25 heavy (non-hydrogen) atoms. The summed E-state index contributed by atoms with van der Waals surface area (Å²) in [6.45, 7) is 3.82. The van der Waals surface area contributed by atoms with Gasteiger partial charge in [0.2, 0.25) is 5.91 Å².